The normalized spacial score (nSPS) is 11.1. The van der Waals surface area contributed by atoms with Crippen LogP contribution in [-0.4, -0.2) is 18.2 Å². The lowest BCUT2D eigenvalue weighted by Gasteiger charge is -2.05. The highest BCUT2D eigenvalue weighted by atomic mass is 35.5. The first-order valence-electron chi connectivity index (χ1n) is 5.32. The molecule has 0 spiro atoms. The van der Waals surface area contributed by atoms with Crippen molar-refractivity contribution >= 4 is 23.2 Å². The van der Waals surface area contributed by atoms with Crippen LogP contribution in [0.4, 0.5) is 0 Å². The van der Waals surface area contributed by atoms with Crippen molar-refractivity contribution in [2.45, 2.75) is 20.3 Å². The molecule has 92 valence electrons. The fraction of sp³-hybridized carbons (Fsp3) is 0.333. The summed E-state index contributed by atoms with van der Waals surface area (Å²) in [6, 6.07) is 6.81. The van der Waals surface area contributed by atoms with Crippen LogP contribution in [0, 0.1) is 0 Å². The minimum atomic E-state index is -0.284. The van der Waals surface area contributed by atoms with Gasteiger partial charge in [-0.3, -0.25) is 4.79 Å². The van der Waals surface area contributed by atoms with Gasteiger partial charge in [0.05, 0.1) is 0 Å². The van der Waals surface area contributed by atoms with Crippen molar-refractivity contribution < 1.29 is 9.53 Å². The molecule has 0 radical (unpaired) electrons. The molecule has 0 saturated carbocycles. The Bertz CT molecular complexity index is 401. The van der Waals surface area contributed by atoms with Gasteiger partial charge in [-0.1, -0.05) is 18.5 Å². The molecule has 0 aliphatic heterocycles. The van der Waals surface area contributed by atoms with Crippen molar-refractivity contribution in [3.05, 3.63) is 29.3 Å². The number of hydrazone groups is 1. The fourth-order valence-corrected chi connectivity index (χ4v) is 1.07. The van der Waals surface area contributed by atoms with Crippen molar-refractivity contribution in [3.63, 3.8) is 0 Å². The van der Waals surface area contributed by atoms with E-state index in [0.717, 1.165) is 12.1 Å². The Morgan fingerprint density at radius 3 is 2.65 bits per heavy atom. The highest BCUT2D eigenvalue weighted by Gasteiger charge is 2.01. The Morgan fingerprint density at radius 2 is 2.06 bits per heavy atom. The molecule has 1 aromatic rings. The van der Waals surface area contributed by atoms with Crippen LogP contribution < -0.4 is 10.2 Å². The number of hydrogen-bond acceptors (Lipinski definition) is 3. The minimum absolute atomic E-state index is 0.0673. The number of rotatable bonds is 5. The summed E-state index contributed by atoms with van der Waals surface area (Å²) in [6.07, 6.45) is 0.804. The molecule has 0 unspecified atom stereocenters. The van der Waals surface area contributed by atoms with E-state index in [1.165, 1.54) is 0 Å². The average Bonchev–Trinajstić information content (AvgIpc) is 2.35. The average molecular weight is 255 g/mol. The molecular formula is C12H15ClN2O2. The highest BCUT2D eigenvalue weighted by molar-refractivity contribution is 6.30. The van der Waals surface area contributed by atoms with Crippen molar-refractivity contribution in [2.75, 3.05) is 6.61 Å². The number of hydrogen-bond donors (Lipinski definition) is 1. The minimum Gasteiger partial charge on any atom is -0.484 e. The summed E-state index contributed by atoms with van der Waals surface area (Å²) in [5.41, 5.74) is 3.28. The van der Waals surface area contributed by atoms with Gasteiger partial charge < -0.3 is 4.74 Å². The first-order chi connectivity index (χ1) is 8.11. The number of carbonyl (C=O) groups excluding carboxylic acids is 1. The quantitative estimate of drug-likeness (QED) is 0.649. The van der Waals surface area contributed by atoms with E-state index in [9.17, 15) is 4.79 Å². The molecule has 1 amide bonds. The van der Waals surface area contributed by atoms with Gasteiger partial charge in [-0.25, -0.2) is 5.43 Å². The van der Waals surface area contributed by atoms with Crippen LogP contribution in [0.3, 0.4) is 0 Å². The molecule has 4 nitrogen and oxygen atoms in total. The second kappa shape index (κ2) is 6.91. The molecule has 0 aromatic heterocycles. The topological polar surface area (TPSA) is 50.7 Å². The molecule has 0 fully saturated rings. The highest BCUT2D eigenvalue weighted by Crippen LogP contribution is 2.15. The van der Waals surface area contributed by atoms with E-state index < -0.39 is 0 Å². The molecule has 1 N–H and O–H groups in total. The number of halogens is 1. The zero-order chi connectivity index (χ0) is 12.7. The number of carbonyl (C=O) groups is 1. The van der Waals surface area contributed by atoms with Crippen LogP contribution in [0.2, 0.25) is 5.02 Å². The number of ether oxygens (including phenoxy) is 1. The van der Waals surface area contributed by atoms with E-state index in [-0.39, 0.29) is 12.5 Å². The Morgan fingerprint density at radius 1 is 1.41 bits per heavy atom. The van der Waals surface area contributed by atoms with E-state index in [1.807, 2.05) is 13.8 Å². The number of amides is 1. The third-order valence-corrected chi connectivity index (χ3v) is 2.32. The van der Waals surface area contributed by atoms with Crippen LogP contribution in [0.5, 0.6) is 5.75 Å². The van der Waals surface area contributed by atoms with Gasteiger partial charge in [0, 0.05) is 10.7 Å². The summed E-state index contributed by atoms with van der Waals surface area (Å²) in [6.45, 7) is 3.75. The van der Waals surface area contributed by atoms with Gasteiger partial charge in [-0.05, 0) is 37.6 Å². The predicted octanol–water partition coefficient (Wildman–Crippen LogP) is 2.62. The van der Waals surface area contributed by atoms with Crippen LogP contribution in [0.25, 0.3) is 0 Å². The smallest absolute Gasteiger partial charge is 0.277 e. The lowest BCUT2D eigenvalue weighted by molar-refractivity contribution is -0.123. The van der Waals surface area contributed by atoms with E-state index in [1.54, 1.807) is 24.3 Å². The summed E-state index contributed by atoms with van der Waals surface area (Å²) in [4.78, 5) is 11.3. The second-order valence-corrected chi connectivity index (χ2v) is 3.91. The predicted molar refractivity (Wildman–Crippen MR) is 68.5 cm³/mol. The molecule has 5 heteroatoms. The lowest BCUT2D eigenvalue weighted by Crippen LogP contribution is -2.25. The zero-order valence-electron chi connectivity index (χ0n) is 9.87. The van der Waals surface area contributed by atoms with Crippen LogP contribution in [-0.2, 0) is 4.79 Å². The molecule has 0 saturated heterocycles. The van der Waals surface area contributed by atoms with Gasteiger partial charge in [0.25, 0.3) is 5.91 Å². The fourth-order valence-electron chi connectivity index (χ4n) is 0.949. The van der Waals surface area contributed by atoms with Gasteiger partial charge >= 0.3 is 0 Å². The van der Waals surface area contributed by atoms with Gasteiger partial charge in [0.1, 0.15) is 5.75 Å². The Labute approximate surface area is 106 Å². The van der Waals surface area contributed by atoms with E-state index in [2.05, 4.69) is 10.5 Å². The van der Waals surface area contributed by atoms with E-state index in [4.69, 9.17) is 16.3 Å². The van der Waals surface area contributed by atoms with Gasteiger partial charge in [-0.15, -0.1) is 0 Å². The Hall–Kier alpha value is -1.55. The number of benzene rings is 1. The van der Waals surface area contributed by atoms with Gasteiger partial charge in [0.15, 0.2) is 6.61 Å². The molecular weight excluding hydrogens is 240 g/mol. The third kappa shape index (κ3) is 5.36. The molecule has 0 aliphatic carbocycles. The molecule has 0 bridgehead atoms. The molecule has 1 aromatic carbocycles. The van der Waals surface area contributed by atoms with Crippen LogP contribution in [0.15, 0.2) is 29.4 Å². The van der Waals surface area contributed by atoms with Crippen molar-refractivity contribution in [1.82, 2.24) is 5.43 Å². The van der Waals surface area contributed by atoms with Crippen LogP contribution >= 0.6 is 11.6 Å². The SMILES string of the molecule is CCC(C)=NNC(=O)COc1ccc(Cl)cc1. The Kier molecular flexibility index (Phi) is 5.49. The number of nitrogens with one attached hydrogen (secondary N) is 1. The first kappa shape index (κ1) is 13.5. The summed E-state index contributed by atoms with van der Waals surface area (Å²) in [5.74, 6) is 0.313. The summed E-state index contributed by atoms with van der Waals surface area (Å²) in [5, 5.41) is 4.51. The van der Waals surface area contributed by atoms with Gasteiger partial charge in [-0.2, -0.15) is 5.10 Å². The molecule has 0 atom stereocenters. The third-order valence-electron chi connectivity index (χ3n) is 2.07. The molecule has 17 heavy (non-hydrogen) atoms. The molecule has 0 aliphatic rings. The number of nitrogens with zero attached hydrogens (tertiary/aromatic N) is 1. The van der Waals surface area contributed by atoms with Crippen LogP contribution in [0.1, 0.15) is 20.3 Å². The van der Waals surface area contributed by atoms with E-state index in [0.29, 0.717) is 10.8 Å². The maximum atomic E-state index is 11.3. The standard InChI is InChI=1S/C12H15ClN2O2/c1-3-9(2)14-15-12(16)8-17-11-6-4-10(13)5-7-11/h4-7H,3,8H2,1-2H3,(H,15,16). The largest absolute Gasteiger partial charge is 0.484 e. The Balaban J connectivity index is 2.36. The molecule has 0 heterocycles. The van der Waals surface area contributed by atoms with Crippen molar-refractivity contribution in [2.24, 2.45) is 5.10 Å². The zero-order valence-corrected chi connectivity index (χ0v) is 10.6. The lowest BCUT2D eigenvalue weighted by atomic mass is 10.3. The van der Waals surface area contributed by atoms with E-state index >= 15 is 0 Å². The van der Waals surface area contributed by atoms with Crippen molar-refractivity contribution in [1.29, 1.82) is 0 Å². The van der Waals surface area contributed by atoms with Gasteiger partial charge in [0.2, 0.25) is 0 Å². The van der Waals surface area contributed by atoms with Crippen molar-refractivity contribution in [3.8, 4) is 5.75 Å². The monoisotopic (exact) mass is 254 g/mol. The summed E-state index contributed by atoms with van der Waals surface area (Å²) >= 11 is 5.72. The summed E-state index contributed by atoms with van der Waals surface area (Å²) < 4.78 is 5.25. The second-order valence-electron chi connectivity index (χ2n) is 3.48. The molecule has 1 rings (SSSR count). The maximum Gasteiger partial charge on any atom is 0.277 e. The maximum absolute atomic E-state index is 11.3. The first-order valence-corrected chi connectivity index (χ1v) is 5.70. The summed E-state index contributed by atoms with van der Waals surface area (Å²) in [7, 11) is 0.